The van der Waals surface area contributed by atoms with E-state index in [4.69, 9.17) is 10.8 Å². The number of amides is 1. The second-order valence-corrected chi connectivity index (χ2v) is 5.71. The quantitative estimate of drug-likeness (QED) is 0.306. The fourth-order valence-corrected chi connectivity index (χ4v) is 1.79. The maximum absolute atomic E-state index is 11.9. The minimum Gasteiger partial charge on any atom is -0.396 e. The molecular weight excluding hydrogens is 274 g/mol. The number of hydrogen-bond donors (Lipinski definition) is 3. The standard InChI is InChI=1S/C14H21N3O4/c1-14(2,9-18)6-3-7-16-13(19)10-4-5-11(15)12(8-10)17(20)21/h4-5,8,18H,3,6-7,9,15H2,1-2H3,(H,16,19). The Bertz CT molecular complexity index is 529. The Labute approximate surface area is 123 Å². The third-order valence-corrected chi connectivity index (χ3v) is 3.23. The molecule has 116 valence electrons. The van der Waals surface area contributed by atoms with Crippen LogP contribution >= 0.6 is 0 Å². The molecule has 0 fully saturated rings. The average molecular weight is 295 g/mol. The Morgan fingerprint density at radius 3 is 2.71 bits per heavy atom. The Morgan fingerprint density at radius 2 is 2.14 bits per heavy atom. The maximum Gasteiger partial charge on any atom is 0.292 e. The molecule has 21 heavy (non-hydrogen) atoms. The van der Waals surface area contributed by atoms with Gasteiger partial charge in [0.1, 0.15) is 5.69 Å². The van der Waals surface area contributed by atoms with Crippen LogP contribution in [0.15, 0.2) is 18.2 Å². The van der Waals surface area contributed by atoms with Crippen molar-refractivity contribution in [1.29, 1.82) is 0 Å². The summed E-state index contributed by atoms with van der Waals surface area (Å²) in [6, 6.07) is 3.97. The second-order valence-electron chi connectivity index (χ2n) is 5.71. The van der Waals surface area contributed by atoms with Crippen molar-refractivity contribution in [2.24, 2.45) is 5.41 Å². The monoisotopic (exact) mass is 295 g/mol. The first-order valence-electron chi connectivity index (χ1n) is 6.70. The van der Waals surface area contributed by atoms with Crippen LogP contribution in [0.2, 0.25) is 0 Å². The topological polar surface area (TPSA) is 118 Å². The van der Waals surface area contributed by atoms with Gasteiger partial charge in [-0.15, -0.1) is 0 Å². The SMILES string of the molecule is CC(C)(CO)CCCNC(=O)c1ccc(N)c([N+](=O)[O-])c1. The van der Waals surface area contributed by atoms with E-state index in [1.54, 1.807) is 0 Å². The Balaban J connectivity index is 2.57. The second kappa shape index (κ2) is 7.03. The number of aliphatic hydroxyl groups excluding tert-OH is 1. The Morgan fingerprint density at radius 1 is 1.48 bits per heavy atom. The summed E-state index contributed by atoms with van der Waals surface area (Å²) in [6.07, 6.45) is 1.49. The molecule has 0 aliphatic rings. The van der Waals surface area contributed by atoms with Crippen LogP contribution in [0, 0.1) is 15.5 Å². The molecule has 0 aliphatic carbocycles. The van der Waals surface area contributed by atoms with E-state index >= 15 is 0 Å². The van der Waals surface area contributed by atoms with Crippen molar-refractivity contribution in [3.8, 4) is 0 Å². The molecule has 1 aromatic rings. The lowest BCUT2D eigenvalue weighted by atomic mass is 9.89. The lowest BCUT2D eigenvalue weighted by molar-refractivity contribution is -0.383. The number of benzene rings is 1. The molecule has 0 spiro atoms. The third-order valence-electron chi connectivity index (χ3n) is 3.23. The number of aliphatic hydroxyl groups is 1. The molecule has 1 amide bonds. The lowest BCUT2D eigenvalue weighted by Gasteiger charge is -2.21. The first-order chi connectivity index (χ1) is 9.76. The number of nitrogens with zero attached hydrogens (tertiary/aromatic N) is 1. The van der Waals surface area contributed by atoms with Crippen LogP contribution in [-0.2, 0) is 0 Å². The van der Waals surface area contributed by atoms with Gasteiger partial charge in [0.2, 0.25) is 0 Å². The molecule has 0 saturated heterocycles. The van der Waals surface area contributed by atoms with Crippen LogP contribution in [-0.4, -0.2) is 29.1 Å². The van der Waals surface area contributed by atoms with Crippen molar-refractivity contribution in [3.63, 3.8) is 0 Å². The van der Waals surface area contributed by atoms with E-state index in [9.17, 15) is 14.9 Å². The molecule has 0 aliphatic heterocycles. The fraction of sp³-hybridized carbons (Fsp3) is 0.500. The van der Waals surface area contributed by atoms with Crippen LogP contribution < -0.4 is 11.1 Å². The number of carbonyl (C=O) groups excluding carboxylic acids is 1. The van der Waals surface area contributed by atoms with Crippen LogP contribution in [0.25, 0.3) is 0 Å². The number of carbonyl (C=O) groups is 1. The van der Waals surface area contributed by atoms with Crippen LogP contribution in [0.4, 0.5) is 11.4 Å². The number of hydrogen-bond acceptors (Lipinski definition) is 5. The number of nitro groups is 1. The minimum absolute atomic E-state index is 0.0289. The molecule has 0 aromatic heterocycles. The highest BCUT2D eigenvalue weighted by Gasteiger charge is 2.17. The molecule has 0 bridgehead atoms. The Kier molecular flexibility index (Phi) is 5.66. The molecule has 7 heteroatoms. The van der Waals surface area contributed by atoms with Gasteiger partial charge < -0.3 is 16.2 Å². The minimum atomic E-state index is -0.615. The number of nitrogen functional groups attached to an aromatic ring is 1. The molecule has 0 heterocycles. The van der Waals surface area contributed by atoms with Crippen LogP contribution in [0.5, 0.6) is 0 Å². The van der Waals surface area contributed by atoms with Gasteiger partial charge in [-0.2, -0.15) is 0 Å². The predicted octanol–water partition coefficient (Wildman–Crippen LogP) is 1.71. The Hall–Kier alpha value is -2.15. The molecule has 1 aromatic carbocycles. The van der Waals surface area contributed by atoms with Crippen molar-refractivity contribution in [2.75, 3.05) is 18.9 Å². The summed E-state index contributed by atoms with van der Waals surface area (Å²) in [5, 5.41) is 22.6. The molecule has 4 N–H and O–H groups in total. The van der Waals surface area contributed by atoms with E-state index in [1.807, 2.05) is 13.8 Å². The van der Waals surface area contributed by atoms with Gasteiger partial charge in [0.15, 0.2) is 0 Å². The first-order valence-corrected chi connectivity index (χ1v) is 6.70. The van der Waals surface area contributed by atoms with E-state index in [1.165, 1.54) is 18.2 Å². The molecule has 0 atom stereocenters. The highest BCUT2D eigenvalue weighted by molar-refractivity contribution is 5.95. The zero-order valence-corrected chi connectivity index (χ0v) is 12.3. The van der Waals surface area contributed by atoms with Gasteiger partial charge in [-0.1, -0.05) is 13.8 Å². The van der Waals surface area contributed by atoms with Gasteiger partial charge in [0.05, 0.1) is 4.92 Å². The van der Waals surface area contributed by atoms with Gasteiger partial charge in [0.25, 0.3) is 11.6 Å². The highest BCUT2D eigenvalue weighted by Crippen LogP contribution is 2.22. The predicted molar refractivity (Wildman–Crippen MR) is 79.9 cm³/mol. The fourth-order valence-electron chi connectivity index (χ4n) is 1.79. The first kappa shape index (κ1) is 16.9. The highest BCUT2D eigenvalue weighted by atomic mass is 16.6. The zero-order valence-electron chi connectivity index (χ0n) is 12.3. The molecule has 0 saturated carbocycles. The lowest BCUT2D eigenvalue weighted by Crippen LogP contribution is -2.26. The number of nitrogens with one attached hydrogen (secondary N) is 1. The zero-order chi connectivity index (χ0) is 16.0. The van der Waals surface area contributed by atoms with E-state index in [0.29, 0.717) is 6.54 Å². The van der Waals surface area contributed by atoms with Gasteiger partial charge in [-0.3, -0.25) is 14.9 Å². The van der Waals surface area contributed by atoms with Crippen LogP contribution in [0.3, 0.4) is 0 Å². The van der Waals surface area contributed by atoms with Crippen molar-refractivity contribution in [3.05, 3.63) is 33.9 Å². The van der Waals surface area contributed by atoms with E-state index in [2.05, 4.69) is 5.32 Å². The maximum atomic E-state index is 11.9. The molecule has 0 unspecified atom stereocenters. The third kappa shape index (κ3) is 5.03. The number of nitro benzene ring substituents is 1. The smallest absolute Gasteiger partial charge is 0.292 e. The summed E-state index contributed by atoms with van der Waals surface area (Å²) in [5.41, 5.74) is 5.26. The van der Waals surface area contributed by atoms with Crippen molar-refractivity contribution < 1.29 is 14.8 Å². The molecule has 0 radical (unpaired) electrons. The number of anilines is 1. The number of nitrogens with two attached hydrogens (primary N) is 1. The van der Waals surface area contributed by atoms with Gasteiger partial charge in [-0.25, -0.2) is 0 Å². The van der Waals surface area contributed by atoms with Crippen LogP contribution in [0.1, 0.15) is 37.0 Å². The van der Waals surface area contributed by atoms with Crippen molar-refractivity contribution in [2.45, 2.75) is 26.7 Å². The van der Waals surface area contributed by atoms with Gasteiger partial charge in [0, 0.05) is 24.8 Å². The summed E-state index contributed by atoms with van der Waals surface area (Å²) in [6.45, 7) is 4.42. The molecule has 7 nitrogen and oxygen atoms in total. The average Bonchev–Trinajstić information content (AvgIpc) is 2.43. The van der Waals surface area contributed by atoms with Gasteiger partial charge in [-0.05, 0) is 30.4 Å². The largest absolute Gasteiger partial charge is 0.396 e. The van der Waals surface area contributed by atoms with E-state index < -0.39 is 4.92 Å². The van der Waals surface area contributed by atoms with Crippen molar-refractivity contribution in [1.82, 2.24) is 5.32 Å². The molecule has 1 rings (SSSR count). The van der Waals surface area contributed by atoms with Gasteiger partial charge >= 0.3 is 0 Å². The van der Waals surface area contributed by atoms with E-state index in [-0.39, 0.29) is 34.9 Å². The number of rotatable bonds is 7. The molecular formula is C14H21N3O4. The van der Waals surface area contributed by atoms with Crippen molar-refractivity contribution >= 4 is 17.3 Å². The normalized spacial score (nSPS) is 11.2. The summed E-state index contributed by atoms with van der Waals surface area (Å²) in [7, 11) is 0. The summed E-state index contributed by atoms with van der Waals surface area (Å²) in [5.74, 6) is -0.375. The summed E-state index contributed by atoms with van der Waals surface area (Å²) in [4.78, 5) is 22.1. The van der Waals surface area contributed by atoms with E-state index in [0.717, 1.165) is 12.8 Å². The summed E-state index contributed by atoms with van der Waals surface area (Å²) >= 11 is 0. The summed E-state index contributed by atoms with van der Waals surface area (Å²) < 4.78 is 0.